The zero-order valence-electron chi connectivity index (χ0n) is 17.3. The van der Waals surface area contributed by atoms with Crippen LogP contribution in [0.1, 0.15) is 19.8 Å². The molecule has 0 bridgehead atoms. The van der Waals surface area contributed by atoms with Crippen LogP contribution >= 0.6 is 34.7 Å². The first-order valence-electron chi connectivity index (χ1n) is 10.1. The maximum absolute atomic E-state index is 12.6. The first-order valence-corrected chi connectivity index (χ1v) is 12.3. The Balaban J connectivity index is 1.54. The van der Waals surface area contributed by atoms with E-state index in [-0.39, 0.29) is 25.1 Å². The minimum Gasteiger partial charge on any atom is -0.466 e. The molecule has 0 aliphatic carbocycles. The fraction of sp³-hybridized carbons (Fsp3) is 0.318. The molecule has 7 nitrogen and oxygen atoms in total. The van der Waals surface area contributed by atoms with Gasteiger partial charge < -0.3 is 18.8 Å². The molecular weight excluding hydrogens is 472 g/mol. The number of aromatic nitrogens is 1. The van der Waals surface area contributed by atoms with E-state index in [4.69, 9.17) is 25.8 Å². The second kappa shape index (κ2) is 10.4. The standard InChI is InChI=1S/C22H21ClN2O5S2/c1-2-28-21(27)7-9-25-16-11-17-18(30-13-29-17)12-19(16)32-22(25)24-20(26)8-10-31-15-5-3-14(23)4-6-15/h3-6,11-12H,2,7-10,13H2,1H3. The van der Waals surface area contributed by atoms with Gasteiger partial charge in [0, 0.05) is 40.8 Å². The van der Waals surface area contributed by atoms with E-state index in [2.05, 4.69) is 4.99 Å². The molecule has 0 saturated carbocycles. The number of benzene rings is 2. The van der Waals surface area contributed by atoms with Crippen LogP contribution in [0.4, 0.5) is 0 Å². The molecule has 1 amide bonds. The Kier molecular flexibility index (Phi) is 7.39. The van der Waals surface area contributed by atoms with Crippen LogP contribution in [0.2, 0.25) is 5.02 Å². The molecule has 2 heterocycles. The van der Waals surface area contributed by atoms with Gasteiger partial charge in [-0.05, 0) is 31.2 Å². The second-order valence-corrected chi connectivity index (χ2v) is 9.44. The smallest absolute Gasteiger partial charge is 0.307 e. The molecule has 1 aliphatic rings. The summed E-state index contributed by atoms with van der Waals surface area (Å²) in [6.07, 6.45) is 0.476. The van der Waals surface area contributed by atoms with Crippen molar-refractivity contribution in [3.63, 3.8) is 0 Å². The monoisotopic (exact) mass is 492 g/mol. The summed E-state index contributed by atoms with van der Waals surface area (Å²) in [4.78, 5) is 30.4. The zero-order valence-corrected chi connectivity index (χ0v) is 19.7. The Labute approximate surface area is 198 Å². The van der Waals surface area contributed by atoms with Gasteiger partial charge in [-0.15, -0.1) is 11.8 Å². The summed E-state index contributed by atoms with van der Waals surface area (Å²) in [5.74, 6) is 1.39. The third-order valence-electron chi connectivity index (χ3n) is 4.64. The first kappa shape index (κ1) is 22.7. The van der Waals surface area contributed by atoms with Crippen molar-refractivity contribution < 1.29 is 23.8 Å². The maximum Gasteiger partial charge on any atom is 0.307 e. The van der Waals surface area contributed by atoms with Crippen LogP contribution in [0, 0.1) is 0 Å². The van der Waals surface area contributed by atoms with Crippen molar-refractivity contribution in [1.29, 1.82) is 0 Å². The van der Waals surface area contributed by atoms with Crippen LogP contribution < -0.4 is 14.3 Å². The number of amides is 1. The molecule has 1 aromatic heterocycles. The quantitative estimate of drug-likeness (QED) is 0.336. The molecule has 4 rings (SSSR count). The van der Waals surface area contributed by atoms with Gasteiger partial charge in [0.15, 0.2) is 16.3 Å². The Morgan fingerprint density at radius 3 is 2.69 bits per heavy atom. The predicted molar refractivity (Wildman–Crippen MR) is 125 cm³/mol. The van der Waals surface area contributed by atoms with E-state index < -0.39 is 0 Å². The van der Waals surface area contributed by atoms with E-state index in [9.17, 15) is 9.59 Å². The highest BCUT2D eigenvalue weighted by molar-refractivity contribution is 7.99. The first-order chi connectivity index (χ1) is 15.5. The van der Waals surface area contributed by atoms with Crippen molar-refractivity contribution in [2.45, 2.75) is 31.2 Å². The number of halogens is 1. The molecule has 2 aromatic carbocycles. The van der Waals surface area contributed by atoms with Crippen LogP contribution in [-0.2, 0) is 20.9 Å². The Morgan fingerprint density at radius 1 is 1.19 bits per heavy atom. The molecule has 0 atom stereocenters. The lowest BCUT2D eigenvalue weighted by atomic mass is 10.3. The van der Waals surface area contributed by atoms with Gasteiger partial charge in [-0.2, -0.15) is 4.99 Å². The normalized spacial score (nSPS) is 13.0. The molecule has 0 N–H and O–H groups in total. The van der Waals surface area contributed by atoms with E-state index in [0.29, 0.717) is 46.6 Å². The van der Waals surface area contributed by atoms with Crippen LogP contribution in [0.25, 0.3) is 10.2 Å². The SMILES string of the molecule is CCOC(=O)CCn1c(=NC(=O)CCSc2ccc(Cl)cc2)sc2cc3c(cc21)OCO3. The van der Waals surface area contributed by atoms with Gasteiger partial charge in [-0.1, -0.05) is 22.9 Å². The number of carbonyl (C=O) groups is 2. The van der Waals surface area contributed by atoms with Gasteiger partial charge in [-0.3, -0.25) is 9.59 Å². The minimum absolute atomic E-state index is 0.177. The summed E-state index contributed by atoms with van der Waals surface area (Å²) < 4.78 is 18.8. The van der Waals surface area contributed by atoms with E-state index in [1.54, 1.807) is 18.7 Å². The highest BCUT2D eigenvalue weighted by atomic mass is 35.5. The fourth-order valence-corrected chi connectivity index (χ4v) is 5.20. The number of hydrogen-bond acceptors (Lipinski definition) is 7. The van der Waals surface area contributed by atoms with E-state index in [1.807, 2.05) is 41.0 Å². The minimum atomic E-state index is -0.295. The van der Waals surface area contributed by atoms with Crippen molar-refractivity contribution >= 4 is 56.8 Å². The number of hydrogen-bond donors (Lipinski definition) is 0. The molecular formula is C22H21ClN2O5S2. The summed E-state index contributed by atoms with van der Waals surface area (Å²) in [6.45, 7) is 2.63. The maximum atomic E-state index is 12.6. The lowest BCUT2D eigenvalue weighted by Crippen LogP contribution is -2.19. The molecule has 32 heavy (non-hydrogen) atoms. The molecule has 1 aliphatic heterocycles. The molecule has 0 radical (unpaired) electrons. The van der Waals surface area contributed by atoms with Gasteiger partial charge in [0.05, 0.1) is 23.2 Å². The van der Waals surface area contributed by atoms with Gasteiger partial charge in [-0.25, -0.2) is 0 Å². The number of esters is 1. The molecule has 0 saturated heterocycles. The number of carbonyl (C=O) groups excluding carboxylic acids is 2. The predicted octanol–water partition coefficient (Wildman–Crippen LogP) is 4.65. The summed E-state index contributed by atoms with van der Waals surface area (Å²) in [7, 11) is 0. The van der Waals surface area contributed by atoms with E-state index in [1.165, 1.54) is 11.3 Å². The van der Waals surface area contributed by atoms with Crippen molar-refractivity contribution in [2.24, 2.45) is 4.99 Å². The second-order valence-electron chi connectivity index (χ2n) is 6.82. The molecule has 0 spiro atoms. The van der Waals surface area contributed by atoms with Crippen LogP contribution in [0.5, 0.6) is 11.5 Å². The highest BCUT2D eigenvalue weighted by Gasteiger charge is 2.18. The highest BCUT2D eigenvalue weighted by Crippen LogP contribution is 2.37. The van der Waals surface area contributed by atoms with Crippen LogP contribution in [-0.4, -0.2) is 35.6 Å². The summed E-state index contributed by atoms with van der Waals surface area (Å²) in [5, 5.41) is 0.680. The topological polar surface area (TPSA) is 79.1 Å². The molecule has 0 unspecified atom stereocenters. The number of thiazole rings is 1. The molecule has 0 fully saturated rings. The van der Waals surface area contributed by atoms with Gasteiger partial charge in [0.2, 0.25) is 12.7 Å². The van der Waals surface area contributed by atoms with Crippen molar-refractivity contribution in [3.8, 4) is 11.5 Å². The lowest BCUT2D eigenvalue weighted by Gasteiger charge is -2.06. The van der Waals surface area contributed by atoms with E-state index >= 15 is 0 Å². The van der Waals surface area contributed by atoms with Crippen molar-refractivity contribution in [3.05, 3.63) is 46.2 Å². The zero-order chi connectivity index (χ0) is 22.5. The number of nitrogens with zero attached hydrogens (tertiary/aromatic N) is 2. The third-order valence-corrected chi connectivity index (χ3v) is 6.95. The Hall–Kier alpha value is -2.49. The summed E-state index contributed by atoms with van der Waals surface area (Å²) >= 11 is 8.86. The number of ether oxygens (including phenoxy) is 3. The Bertz CT molecular complexity index is 1200. The summed E-state index contributed by atoms with van der Waals surface area (Å²) in [5.41, 5.74) is 0.839. The molecule has 3 aromatic rings. The molecule has 10 heteroatoms. The van der Waals surface area contributed by atoms with Crippen molar-refractivity contribution in [2.75, 3.05) is 19.2 Å². The number of rotatable bonds is 8. The van der Waals surface area contributed by atoms with Gasteiger partial charge in [0.25, 0.3) is 0 Å². The van der Waals surface area contributed by atoms with Crippen LogP contribution in [0.15, 0.2) is 46.3 Å². The average molecular weight is 493 g/mol. The lowest BCUT2D eigenvalue weighted by molar-refractivity contribution is -0.143. The Morgan fingerprint density at radius 2 is 1.94 bits per heavy atom. The average Bonchev–Trinajstić information content (AvgIpc) is 3.35. The molecule has 168 valence electrons. The number of fused-ring (bicyclic) bond motifs is 2. The number of aryl methyl sites for hydroxylation is 1. The van der Waals surface area contributed by atoms with Gasteiger partial charge in [0.1, 0.15) is 0 Å². The summed E-state index contributed by atoms with van der Waals surface area (Å²) in [6, 6.07) is 11.2. The third kappa shape index (κ3) is 5.46. The van der Waals surface area contributed by atoms with Gasteiger partial charge >= 0.3 is 5.97 Å². The van der Waals surface area contributed by atoms with Crippen molar-refractivity contribution in [1.82, 2.24) is 4.57 Å². The van der Waals surface area contributed by atoms with E-state index in [0.717, 1.165) is 15.1 Å². The number of thioether (sulfide) groups is 1. The fourth-order valence-electron chi connectivity index (χ4n) is 3.15. The van der Waals surface area contributed by atoms with Crippen LogP contribution in [0.3, 0.4) is 0 Å². The largest absolute Gasteiger partial charge is 0.466 e.